The second-order valence-electron chi connectivity index (χ2n) is 6.21. The highest BCUT2D eigenvalue weighted by atomic mass is 32.1. The van der Waals surface area contributed by atoms with Gasteiger partial charge in [-0.25, -0.2) is 0 Å². The molecule has 0 radical (unpaired) electrons. The summed E-state index contributed by atoms with van der Waals surface area (Å²) in [7, 11) is 0. The minimum Gasteiger partial charge on any atom is -0.461 e. The predicted molar refractivity (Wildman–Crippen MR) is 101 cm³/mol. The molecule has 0 saturated carbocycles. The Kier molecular flexibility index (Phi) is 4.64. The quantitative estimate of drug-likeness (QED) is 0.548. The Bertz CT molecular complexity index is 1030. The van der Waals surface area contributed by atoms with Crippen LogP contribution >= 0.6 is 11.3 Å². The number of nitrogens with zero attached hydrogens (tertiary/aromatic N) is 3. The average molecular weight is 382 g/mol. The monoisotopic (exact) mass is 382 g/mol. The van der Waals surface area contributed by atoms with Crippen LogP contribution in [0.2, 0.25) is 0 Å². The second-order valence-corrected chi connectivity index (χ2v) is 6.99. The zero-order valence-electron chi connectivity index (χ0n) is 14.9. The number of rotatable bonds is 6. The maximum absolute atomic E-state index is 12.5. The van der Waals surface area contributed by atoms with Gasteiger partial charge >= 0.3 is 0 Å². The number of amides is 1. The molecule has 1 amide bonds. The average Bonchev–Trinajstić information content (AvgIpc) is 3.44. The Labute approximate surface area is 159 Å². The molecule has 0 bridgehead atoms. The number of aryl methyl sites for hydroxylation is 2. The number of nitrogens with one attached hydrogen (secondary N) is 1. The van der Waals surface area contributed by atoms with Crippen molar-refractivity contribution < 1.29 is 13.7 Å². The fourth-order valence-corrected chi connectivity index (χ4v) is 3.68. The first-order chi connectivity index (χ1) is 13.1. The van der Waals surface area contributed by atoms with Gasteiger partial charge in [0, 0.05) is 18.3 Å². The van der Waals surface area contributed by atoms with Gasteiger partial charge in [0.15, 0.2) is 11.5 Å². The van der Waals surface area contributed by atoms with Gasteiger partial charge in [-0.1, -0.05) is 5.16 Å². The number of thiophene rings is 1. The SMILES string of the molecule is Cc1cc(C)n([C@H](CNC(=O)c2cc(-c3ccco3)on2)c2ccsc2)n1. The van der Waals surface area contributed by atoms with Gasteiger partial charge in [0.05, 0.1) is 18.0 Å². The summed E-state index contributed by atoms with van der Waals surface area (Å²) < 4.78 is 12.4. The summed E-state index contributed by atoms with van der Waals surface area (Å²) in [6.07, 6.45) is 1.54. The van der Waals surface area contributed by atoms with E-state index in [9.17, 15) is 4.79 Å². The highest BCUT2D eigenvalue weighted by Crippen LogP contribution is 2.23. The number of furan rings is 1. The van der Waals surface area contributed by atoms with E-state index >= 15 is 0 Å². The van der Waals surface area contributed by atoms with Crippen molar-refractivity contribution >= 4 is 17.2 Å². The van der Waals surface area contributed by atoms with Crippen LogP contribution in [-0.2, 0) is 0 Å². The van der Waals surface area contributed by atoms with E-state index in [-0.39, 0.29) is 17.6 Å². The maximum Gasteiger partial charge on any atom is 0.273 e. The first kappa shape index (κ1) is 17.3. The van der Waals surface area contributed by atoms with Gasteiger partial charge in [-0.05, 0) is 54.4 Å². The molecule has 27 heavy (non-hydrogen) atoms. The lowest BCUT2D eigenvalue weighted by Gasteiger charge is -2.19. The third kappa shape index (κ3) is 3.56. The molecule has 0 fully saturated rings. The fraction of sp³-hybridized carbons (Fsp3) is 0.211. The Hall–Kier alpha value is -3.13. The van der Waals surface area contributed by atoms with E-state index in [1.165, 1.54) is 6.26 Å². The van der Waals surface area contributed by atoms with Gasteiger partial charge in [-0.3, -0.25) is 9.48 Å². The Balaban J connectivity index is 1.51. The van der Waals surface area contributed by atoms with E-state index in [1.807, 2.05) is 36.0 Å². The van der Waals surface area contributed by atoms with Crippen LogP contribution in [0.25, 0.3) is 11.5 Å². The number of hydrogen-bond donors (Lipinski definition) is 1. The van der Waals surface area contributed by atoms with Crippen molar-refractivity contribution in [2.45, 2.75) is 19.9 Å². The number of carbonyl (C=O) groups is 1. The lowest BCUT2D eigenvalue weighted by Crippen LogP contribution is -2.32. The smallest absolute Gasteiger partial charge is 0.273 e. The lowest BCUT2D eigenvalue weighted by atomic mass is 10.1. The summed E-state index contributed by atoms with van der Waals surface area (Å²) in [6.45, 7) is 4.35. The van der Waals surface area contributed by atoms with Crippen molar-refractivity contribution in [2.24, 2.45) is 0 Å². The molecule has 4 heterocycles. The van der Waals surface area contributed by atoms with Crippen LogP contribution in [0.1, 0.15) is 33.5 Å². The van der Waals surface area contributed by atoms with Crippen molar-refractivity contribution in [3.8, 4) is 11.5 Å². The summed E-state index contributed by atoms with van der Waals surface area (Å²) in [6, 6.07) is 9.04. The molecule has 0 aliphatic rings. The molecule has 1 N–H and O–H groups in total. The molecule has 0 aliphatic carbocycles. The van der Waals surface area contributed by atoms with Crippen LogP contribution in [-0.4, -0.2) is 27.4 Å². The summed E-state index contributed by atoms with van der Waals surface area (Å²) >= 11 is 1.62. The molecule has 4 aromatic heterocycles. The largest absolute Gasteiger partial charge is 0.461 e. The van der Waals surface area contributed by atoms with E-state index in [2.05, 4.69) is 21.0 Å². The second kappa shape index (κ2) is 7.24. The summed E-state index contributed by atoms with van der Waals surface area (Å²) in [5.74, 6) is 0.636. The number of carbonyl (C=O) groups excluding carboxylic acids is 1. The van der Waals surface area contributed by atoms with E-state index in [0.29, 0.717) is 18.1 Å². The van der Waals surface area contributed by atoms with Crippen LogP contribution in [0.15, 0.2) is 56.3 Å². The van der Waals surface area contributed by atoms with Gasteiger partial charge in [-0.2, -0.15) is 16.4 Å². The number of aromatic nitrogens is 3. The third-order valence-electron chi connectivity index (χ3n) is 4.23. The van der Waals surface area contributed by atoms with E-state index in [4.69, 9.17) is 8.94 Å². The van der Waals surface area contributed by atoms with Crippen LogP contribution in [0, 0.1) is 13.8 Å². The molecule has 4 rings (SSSR count). The topological polar surface area (TPSA) is 86.1 Å². The maximum atomic E-state index is 12.5. The molecule has 0 unspecified atom stereocenters. The zero-order chi connectivity index (χ0) is 18.8. The first-order valence-electron chi connectivity index (χ1n) is 8.45. The van der Waals surface area contributed by atoms with Crippen LogP contribution in [0.5, 0.6) is 0 Å². The molecule has 138 valence electrons. The molecular weight excluding hydrogens is 364 g/mol. The van der Waals surface area contributed by atoms with Gasteiger partial charge in [0.25, 0.3) is 5.91 Å². The highest BCUT2D eigenvalue weighted by molar-refractivity contribution is 7.08. The minimum atomic E-state index is -0.307. The van der Waals surface area contributed by atoms with E-state index < -0.39 is 0 Å². The van der Waals surface area contributed by atoms with E-state index in [0.717, 1.165) is 17.0 Å². The fourth-order valence-electron chi connectivity index (χ4n) is 2.97. The number of hydrogen-bond acceptors (Lipinski definition) is 6. The van der Waals surface area contributed by atoms with Crippen molar-refractivity contribution in [3.05, 3.63) is 70.0 Å². The predicted octanol–water partition coefficient (Wildman–Crippen LogP) is 3.83. The van der Waals surface area contributed by atoms with Gasteiger partial charge in [-0.15, -0.1) is 0 Å². The van der Waals surface area contributed by atoms with Gasteiger partial charge in [0.1, 0.15) is 0 Å². The molecule has 4 aromatic rings. The van der Waals surface area contributed by atoms with Crippen molar-refractivity contribution in [2.75, 3.05) is 6.54 Å². The summed E-state index contributed by atoms with van der Waals surface area (Å²) in [5.41, 5.74) is 3.29. The molecule has 0 spiro atoms. The molecular formula is C19H18N4O3S. The lowest BCUT2D eigenvalue weighted by molar-refractivity contribution is 0.0940. The summed E-state index contributed by atoms with van der Waals surface area (Å²) in [4.78, 5) is 12.5. The first-order valence-corrected chi connectivity index (χ1v) is 9.40. The van der Waals surface area contributed by atoms with Crippen LogP contribution in [0.4, 0.5) is 0 Å². The Morgan fingerprint density at radius 3 is 2.85 bits per heavy atom. The van der Waals surface area contributed by atoms with Gasteiger partial charge in [0.2, 0.25) is 5.76 Å². The molecule has 0 aliphatic heterocycles. The van der Waals surface area contributed by atoms with E-state index in [1.54, 1.807) is 29.5 Å². The minimum absolute atomic E-state index is 0.0923. The Morgan fingerprint density at radius 1 is 1.30 bits per heavy atom. The molecule has 1 atom stereocenters. The highest BCUT2D eigenvalue weighted by Gasteiger charge is 2.21. The molecule has 8 heteroatoms. The molecule has 0 saturated heterocycles. The summed E-state index contributed by atoms with van der Waals surface area (Å²) in [5, 5.41) is 15.4. The zero-order valence-corrected chi connectivity index (χ0v) is 15.7. The van der Waals surface area contributed by atoms with Crippen molar-refractivity contribution in [3.63, 3.8) is 0 Å². The van der Waals surface area contributed by atoms with Crippen LogP contribution < -0.4 is 5.32 Å². The normalized spacial score (nSPS) is 12.2. The standard InChI is InChI=1S/C19H18N4O3S/c1-12-8-13(2)23(21-12)16(14-5-7-27-11-14)10-20-19(24)15-9-18(26-22-15)17-4-3-6-25-17/h3-9,11,16H,10H2,1-2H3,(H,20,24)/t16-/m1/s1. The van der Waals surface area contributed by atoms with Crippen molar-refractivity contribution in [1.29, 1.82) is 0 Å². The van der Waals surface area contributed by atoms with Crippen molar-refractivity contribution in [1.82, 2.24) is 20.3 Å². The molecule has 0 aromatic carbocycles. The van der Waals surface area contributed by atoms with Crippen LogP contribution in [0.3, 0.4) is 0 Å². The molecule has 7 nitrogen and oxygen atoms in total. The Morgan fingerprint density at radius 2 is 2.19 bits per heavy atom. The third-order valence-corrected chi connectivity index (χ3v) is 4.93. The van der Waals surface area contributed by atoms with Gasteiger partial charge < -0.3 is 14.3 Å².